The highest BCUT2D eigenvalue weighted by atomic mass is 16.2. The minimum Gasteiger partial charge on any atom is -0.337 e. The molecule has 0 saturated heterocycles. The number of rotatable bonds is 8. The van der Waals surface area contributed by atoms with E-state index in [0.29, 0.717) is 36.6 Å². The molecule has 0 bridgehead atoms. The molecule has 0 spiro atoms. The second kappa shape index (κ2) is 10.4. The van der Waals surface area contributed by atoms with Crippen LogP contribution in [0.4, 0.5) is 0 Å². The van der Waals surface area contributed by atoms with Gasteiger partial charge in [0.25, 0.3) is 0 Å². The largest absolute Gasteiger partial charge is 0.337 e. The predicted molar refractivity (Wildman–Crippen MR) is 140 cm³/mol. The number of aromatic nitrogens is 4. The number of benzene rings is 3. The average Bonchev–Trinajstić information content (AvgIpc) is 3.18. The highest BCUT2D eigenvalue weighted by Crippen LogP contribution is 2.19. The Labute approximate surface area is 209 Å². The van der Waals surface area contributed by atoms with Crippen LogP contribution in [0.2, 0.25) is 0 Å². The molecule has 2 heterocycles. The van der Waals surface area contributed by atoms with Gasteiger partial charge in [-0.05, 0) is 18.1 Å². The van der Waals surface area contributed by atoms with Crippen LogP contribution in [-0.4, -0.2) is 36.5 Å². The molecule has 36 heavy (non-hydrogen) atoms. The zero-order valence-electron chi connectivity index (χ0n) is 20.1. The lowest BCUT2D eigenvalue weighted by Crippen LogP contribution is -2.36. The number of fused-ring (bicyclic) bond motifs is 1. The summed E-state index contributed by atoms with van der Waals surface area (Å²) < 4.78 is 3.11. The Balaban J connectivity index is 1.55. The summed E-state index contributed by atoms with van der Waals surface area (Å²) in [6, 6.07) is 29.2. The third kappa shape index (κ3) is 4.81. The molecule has 3 aromatic carbocycles. The van der Waals surface area contributed by atoms with Gasteiger partial charge in [-0.2, -0.15) is 0 Å². The SMILES string of the molecule is CCN(Cc1ccccc1)C(=O)Cn1c(=O)n(Cc2ccccc2)c2cnc(-c3ccccc3)nc21. The van der Waals surface area contributed by atoms with Gasteiger partial charge in [-0.1, -0.05) is 91.0 Å². The Bertz CT molecular complexity index is 1530. The van der Waals surface area contributed by atoms with Crippen molar-refractivity contribution in [3.63, 3.8) is 0 Å². The first kappa shape index (κ1) is 23.2. The van der Waals surface area contributed by atoms with Gasteiger partial charge in [-0.3, -0.25) is 13.9 Å². The maximum absolute atomic E-state index is 13.6. The van der Waals surface area contributed by atoms with Gasteiger partial charge in [-0.25, -0.2) is 14.8 Å². The Kier molecular flexibility index (Phi) is 6.71. The van der Waals surface area contributed by atoms with Crippen molar-refractivity contribution in [3.05, 3.63) is 119 Å². The van der Waals surface area contributed by atoms with E-state index in [1.54, 1.807) is 15.7 Å². The molecule has 2 aromatic heterocycles. The molecule has 0 atom stereocenters. The molecule has 5 rings (SSSR count). The van der Waals surface area contributed by atoms with Crippen LogP contribution in [0, 0.1) is 0 Å². The molecule has 7 nitrogen and oxygen atoms in total. The summed E-state index contributed by atoms with van der Waals surface area (Å²) in [6.07, 6.45) is 1.68. The first-order chi connectivity index (χ1) is 17.6. The van der Waals surface area contributed by atoms with E-state index in [1.807, 2.05) is 97.9 Å². The van der Waals surface area contributed by atoms with Crippen LogP contribution >= 0.6 is 0 Å². The van der Waals surface area contributed by atoms with E-state index >= 15 is 0 Å². The minimum atomic E-state index is -0.280. The first-order valence-electron chi connectivity index (χ1n) is 12.0. The zero-order chi connectivity index (χ0) is 24.9. The second-order valence-corrected chi connectivity index (χ2v) is 8.60. The van der Waals surface area contributed by atoms with E-state index in [4.69, 9.17) is 4.98 Å². The third-order valence-corrected chi connectivity index (χ3v) is 6.22. The summed E-state index contributed by atoms with van der Waals surface area (Å²) in [6.45, 7) is 3.24. The number of carbonyl (C=O) groups excluding carboxylic acids is 1. The summed E-state index contributed by atoms with van der Waals surface area (Å²) in [5, 5.41) is 0. The van der Waals surface area contributed by atoms with Gasteiger partial charge in [0, 0.05) is 18.7 Å². The van der Waals surface area contributed by atoms with Crippen molar-refractivity contribution in [2.24, 2.45) is 0 Å². The lowest BCUT2D eigenvalue weighted by Gasteiger charge is -2.21. The Morgan fingerprint density at radius 3 is 2.08 bits per heavy atom. The Morgan fingerprint density at radius 1 is 0.833 bits per heavy atom. The maximum Gasteiger partial charge on any atom is 0.331 e. The normalized spacial score (nSPS) is 11.0. The van der Waals surface area contributed by atoms with Crippen molar-refractivity contribution in [1.29, 1.82) is 0 Å². The van der Waals surface area contributed by atoms with E-state index < -0.39 is 0 Å². The molecule has 180 valence electrons. The molecular formula is C29H27N5O2. The first-order valence-corrected chi connectivity index (χ1v) is 12.0. The van der Waals surface area contributed by atoms with E-state index in [0.717, 1.165) is 16.7 Å². The van der Waals surface area contributed by atoms with Crippen molar-refractivity contribution < 1.29 is 4.79 Å². The Hall–Kier alpha value is -4.52. The fourth-order valence-electron chi connectivity index (χ4n) is 4.30. The molecule has 0 unspecified atom stereocenters. The van der Waals surface area contributed by atoms with E-state index in [-0.39, 0.29) is 18.1 Å². The molecule has 0 fully saturated rings. The predicted octanol–water partition coefficient (Wildman–Crippen LogP) is 4.36. The van der Waals surface area contributed by atoms with Crippen LogP contribution in [0.5, 0.6) is 0 Å². The molecule has 0 aliphatic carbocycles. The summed E-state index contributed by atoms with van der Waals surface area (Å²) >= 11 is 0. The van der Waals surface area contributed by atoms with Crippen molar-refractivity contribution in [1.82, 2.24) is 24.0 Å². The van der Waals surface area contributed by atoms with Crippen molar-refractivity contribution >= 4 is 17.1 Å². The van der Waals surface area contributed by atoms with Crippen LogP contribution in [0.1, 0.15) is 18.1 Å². The van der Waals surface area contributed by atoms with Crippen LogP contribution in [0.15, 0.2) is 102 Å². The number of amides is 1. The monoisotopic (exact) mass is 477 g/mol. The smallest absolute Gasteiger partial charge is 0.331 e. The molecule has 7 heteroatoms. The number of hydrogen-bond acceptors (Lipinski definition) is 4. The van der Waals surface area contributed by atoms with Crippen molar-refractivity contribution in [3.8, 4) is 11.4 Å². The topological polar surface area (TPSA) is 73.0 Å². The van der Waals surface area contributed by atoms with Crippen LogP contribution in [0.25, 0.3) is 22.6 Å². The van der Waals surface area contributed by atoms with Crippen molar-refractivity contribution in [2.75, 3.05) is 6.54 Å². The van der Waals surface area contributed by atoms with E-state index in [1.165, 1.54) is 4.57 Å². The van der Waals surface area contributed by atoms with Crippen LogP contribution < -0.4 is 5.69 Å². The number of imidazole rings is 1. The summed E-state index contributed by atoms with van der Waals surface area (Å²) in [4.78, 5) is 38.1. The van der Waals surface area contributed by atoms with Crippen molar-refractivity contribution in [2.45, 2.75) is 26.6 Å². The van der Waals surface area contributed by atoms with Crippen LogP contribution in [-0.2, 0) is 24.4 Å². The summed E-state index contributed by atoms with van der Waals surface area (Å²) in [7, 11) is 0. The highest BCUT2D eigenvalue weighted by Gasteiger charge is 2.21. The maximum atomic E-state index is 13.6. The minimum absolute atomic E-state index is 0.0942. The van der Waals surface area contributed by atoms with E-state index in [2.05, 4.69) is 4.98 Å². The molecule has 0 radical (unpaired) electrons. The average molecular weight is 478 g/mol. The number of nitrogens with zero attached hydrogens (tertiary/aromatic N) is 5. The molecule has 0 aliphatic heterocycles. The third-order valence-electron chi connectivity index (χ3n) is 6.22. The van der Waals surface area contributed by atoms with Gasteiger partial charge < -0.3 is 4.90 Å². The molecule has 0 aliphatic rings. The zero-order valence-corrected chi connectivity index (χ0v) is 20.1. The fraction of sp³-hybridized carbons (Fsp3) is 0.172. The number of hydrogen-bond donors (Lipinski definition) is 0. The molecule has 0 saturated carbocycles. The lowest BCUT2D eigenvalue weighted by molar-refractivity contribution is -0.132. The van der Waals surface area contributed by atoms with Gasteiger partial charge >= 0.3 is 5.69 Å². The summed E-state index contributed by atoms with van der Waals surface area (Å²) in [5.41, 5.74) is 3.64. The molecule has 5 aromatic rings. The molecule has 0 N–H and O–H groups in total. The van der Waals surface area contributed by atoms with Gasteiger partial charge in [0.05, 0.1) is 12.7 Å². The van der Waals surface area contributed by atoms with Gasteiger partial charge in [0.15, 0.2) is 11.5 Å². The number of likely N-dealkylation sites (N-methyl/N-ethyl adjacent to an activating group) is 1. The molecular weight excluding hydrogens is 450 g/mol. The lowest BCUT2D eigenvalue weighted by atomic mass is 10.2. The summed E-state index contributed by atoms with van der Waals surface area (Å²) in [5.74, 6) is 0.375. The Morgan fingerprint density at radius 2 is 1.44 bits per heavy atom. The van der Waals surface area contributed by atoms with Gasteiger partial charge in [0.1, 0.15) is 12.1 Å². The highest BCUT2D eigenvalue weighted by molar-refractivity contribution is 5.80. The quantitative estimate of drug-likeness (QED) is 0.333. The second-order valence-electron chi connectivity index (χ2n) is 8.60. The van der Waals surface area contributed by atoms with E-state index in [9.17, 15) is 9.59 Å². The van der Waals surface area contributed by atoms with Crippen LogP contribution in [0.3, 0.4) is 0 Å². The number of carbonyl (C=O) groups is 1. The fourth-order valence-corrected chi connectivity index (χ4v) is 4.30. The molecule has 1 amide bonds. The standard InChI is InChI=1S/C29H27N5O2/c1-2-32(19-22-12-6-3-7-13-22)26(35)21-34-28-25(18-30-27(31-28)24-16-10-5-11-17-24)33(29(34)36)20-23-14-8-4-9-15-23/h3-18H,2,19-21H2,1H3. The van der Waals surface area contributed by atoms with Gasteiger partial charge in [0.2, 0.25) is 5.91 Å². The van der Waals surface area contributed by atoms with Gasteiger partial charge in [-0.15, -0.1) is 0 Å².